The van der Waals surface area contributed by atoms with Crippen LogP contribution in [0.15, 0.2) is 24.3 Å². The maximum Gasteiger partial charge on any atom is 0.250 e. The molecule has 98 valence electrons. The summed E-state index contributed by atoms with van der Waals surface area (Å²) in [5.41, 5.74) is 1.12. The Morgan fingerprint density at radius 1 is 1.50 bits per heavy atom. The number of hydrogen-bond donors (Lipinski definition) is 2. The number of amides is 1. The second-order valence-corrected chi connectivity index (χ2v) is 4.38. The predicted octanol–water partition coefficient (Wildman–Crippen LogP) is 0.339. The van der Waals surface area contributed by atoms with Gasteiger partial charge in [-0.25, -0.2) is 0 Å². The van der Waals surface area contributed by atoms with Crippen molar-refractivity contribution in [2.45, 2.75) is 12.6 Å². The Balaban J connectivity index is 1.93. The maximum absolute atomic E-state index is 11.5. The van der Waals surface area contributed by atoms with Crippen LogP contribution >= 0.6 is 0 Å². The van der Waals surface area contributed by atoms with E-state index in [1.54, 1.807) is 19.2 Å². The van der Waals surface area contributed by atoms with E-state index < -0.39 is 0 Å². The third-order valence-electron chi connectivity index (χ3n) is 3.03. The summed E-state index contributed by atoms with van der Waals surface area (Å²) < 4.78 is 5.42. The number of morpholine rings is 1. The molecule has 0 aromatic heterocycles. The van der Waals surface area contributed by atoms with E-state index in [0.29, 0.717) is 13.2 Å². The van der Waals surface area contributed by atoms with Crippen molar-refractivity contribution in [2.24, 2.45) is 0 Å². The second-order valence-electron chi connectivity index (χ2n) is 4.38. The monoisotopic (exact) mass is 250 g/mol. The lowest BCUT2D eigenvalue weighted by atomic mass is 10.2. The minimum Gasteiger partial charge on any atom is -0.508 e. The van der Waals surface area contributed by atoms with Crippen LogP contribution in [0.25, 0.3) is 0 Å². The van der Waals surface area contributed by atoms with E-state index in [9.17, 15) is 9.90 Å². The number of rotatable bonds is 3. The summed E-state index contributed by atoms with van der Waals surface area (Å²) >= 11 is 0. The molecule has 1 fully saturated rings. The summed E-state index contributed by atoms with van der Waals surface area (Å²) in [6, 6.07) is 7.12. The van der Waals surface area contributed by atoms with Gasteiger partial charge in [-0.05, 0) is 17.7 Å². The number of phenolic OH excluding ortho intramolecular Hbond substituents is 1. The summed E-state index contributed by atoms with van der Waals surface area (Å²) in [4.78, 5) is 13.7. The number of carbonyl (C=O) groups excluding carboxylic acids is 1. The van der Waals surface area contributed by atoms with Crippen LogP contribution in [-0.2, 0) is 16.1 Å². The van der Waals surface area contributed by atoms with Gasteiger partial charge in [-0.2, -0.15) is 0 Å². The third kappa shape index (κ3) is 3.21. The van der Waals surface area contributed by atoms with E-state index >= 15 is 0 Å². The molecule has 1 atom stereocenters. The maximum atomic E-state index is 11.5. The van der Waals surface area contributed by atoms with Crippen molar-refractivity contribution in [3.05, 3.63) is 29.8 Å². The first-order valence-corrected chi connectivity index (χ1v) is 6.02. The molecule has 0 saturated carbocycles. The Labute approximate surface area is 106 Å². The largest absolute Gasteiger partial charge is 0.508 e. The number of carbonyl (C=O) groups is 1. The van der Waals surface area contributed by atoms with Gasteiger partial charge in [-0.15, -0.1) is 0 Å². The molecular formula is C13H18N2O3. The molecule has 0 spiro atoms. The van der Waals surface area contributed by atoms with Crippen molar-refractivity contribution in [1.82, 2.24) is 10.2 Å². The van der Waals surface area contributed by atoms with Crippen LogP contribution in [0.1, 0.15) is 5.56 Å². The van der Waals surface area contributed by atoms with E-state index in [2.05, 4.69) is 10.2 Å². The molecule has 2 rings (SSSR count). The molecule has 18 heavy (non-hydrogen) atoms. The zero-order valence-electron chi connectivity index (χ0n) is 10.4. The number of phenols is 1. The molecule has 1 aliphatic heterocycles. The van der Waals surface area contributed by atoms with Gasteiger partial charge < -0.3 is 15.2 Å². The lowest BCUT2D eigenvalue weighted by molar-refractivity contribution is -0.138. The highest BCUT2D eigenvalue weighted by Crippen LogP contribution is 2.14. The molecule has 0 radical (unpaired) electrons. The second kappa shape index (κ2) is 5.84. The highest BCUT2D eigenvalue weighted by atomic mass is 16.5. The van der Waals surface area contributed by atoms with Crippen molar-refractivity contribution in [2.75, 3.05) is 26.7 Å². The SMILES string of the molecule is CNC(=O)[C@@H]1CN(Cc2ccc(O)cc2)CCO1. The van der Waals surface area contributed by atoms with Crippen molar-refractivity contribution in [3.8, 4) is 5.75 Å². The molecule has 1 saturated heterocycles. The van der Waals surface area contributed by atoms with Gasteiger partial charge in [0.15, 0.2) is 0 Å². The highest BCUT2D eigenvalue weighted by Gasteiger charge is 2.25. The molecular weight excluding hydrogens is 232 g/mol. The van der Waals surface area contributed by atoms with E-state index in [1.807, 2.05) is 12.1 Å². The molecule has 0 aliphatic carbocycles. The van der Waals surface area contributed by atoms with Crippen molar-refractivity contribution >= 4 is 5.91 Å². The summed E-state index contributed by atoms with van der Waals surface area (Å²) in [5.74, 6) is 0.189. The molecule has 5 nitrogen and oxygen atoms in total. The van der Waals surface area contributed by atoms with Crippen LogP contribution in [0, 0.1) is 0 Å². The average molecular weight is 250 g/mol. The fourth-order valence-electron chi connectivity index (χ4n) is 2.03. The van der Waals surface area contributed by atoms with Gasteiger partial charge in [0, 0.05) is 26.7 Å². The lowest BCUT2D eigenvalue weighted by Gasteiger charge is -2.31. The molecule has 1 amide bonds. The Bertz CT molecular complexity index is 405. The summed E-state index contributed by atoms with van der Waals surface area (Å²) in [6.45, 7) is 2.74. The Hall–Kier alpha value is -1.59. The number of nitrogens with zero attached hydrogens (tertiary/aromatic N) is 1. The highest BCUT2D eigenvalue weighted by molar-refractivity contribution is 5.80. The van der Waals surface area contributed by atoms with Gasteiger partial charge >= 0.3 is 0 Å². The molecule has 1 aliphatic rings. The fraction of sp³-hybridized carbons (Fsp3) is 0.462. The number of nitrogens with one attached hydrogen (secondary N) is 1. The fourth-order valence-corrected chi connectivity index (χ4v) is 2.03. The van der Waals surface area contributed by atoms with Crippen molar-refractivity contribution < 1.29 is 14.6 Å². The zero-order valence-corrected chi connectivity index (χ0v) is 10.4. The van der Waals surface area contributed by atoms with Gasteiger partial charge in [0.25, 0.3) is 0 Å². The summed E-state index contributed by atoms with van der Waals surface area (Å²) in [7, 11) is 1.62. The van der Waals surface area contributed by atoms with Crippen molar-refractivity contribution in [1.29, 1.82) is 0 Å². The Morgan fingerprint density at radius 2 is 2.22 bits per heavy atom. The molecule has 1 aromatic carbocycles. The smallest absolute Gasteiger partial charge is 0.250 e. The number of hydrogen-bond acceptors (Lipinski definition) is 4. The van der Waals surface area contributed by atoms with Crippen LogP contribution in [0.3, 0.4) is 0 Å². The summed E-state index contributed by atoms with van der Waals surface area (Å²) in [6.07, 6.45) is -0.388. The zero-order chi connectivity index (χ0) is 13.0. The van der Waals surface area contributed by atoms with E-state index in [-0.39, 0.29) is 17.8 Å². The first kappa shape index (κ1) is 12.9. The Kier molecular flexibility index (Phi) is 4.17. The molecule has 0 unspecified atom stereocenters. The first-order valence-electron chi connectivity index (χ1n) is 6.02. The molecule has 2 N–H and O–H groups in total. The van der Waals surface area contributed by atoms with Gasteiger partial charge in [0.2, 0.25) is 5.91 Å². The number of likely N-dealkylation sites (N-methyl/N-ethyl adjacent to an activating group) is 1. The van der Waals surface area contributed by atoms with E-state index in [1.165, 1.54) is 0 Å². The van der Waals surface area contributed by atoms with E-state index in [0.717, 1.165) is 18.7 Å². The topological polar surface area (TPSA) is 61.8 Å². The molecule has 1 heterocycles. The first-order chi connectivity index (χ1) is 8.69. The van der Waals surface area contributed by atoms with Crippen LogP contribution < -0.4 is 5.32 Å². The average Bonchev–Trinajstić information content (AvgIpc) is 2.41. The number of benzene rings is 1. The molecule has 5 heteroatoms. The summed E-state index contributed by atoms with van der Waals surface area (Å²) in [5, 5.41) is 11.8. The number of ether oxygens (including phenoxy) is 1. The quantitative estimate of drug-likeness (QED) is 0.812. The Morgan fingerprint density at radius 3 is 2.89 bits per heavy atom. The van der Waals surface area contributed by atoms with Gasteiger partial charge in [0.05, 0.1) is 6.61 Å². The molecule has 0 bridgehead atoms. The van der Waals surface area contributed by atoms with E-state index in [4.69, 9.17) is 4.74 Å². The third-order valence-corrected chi connectivity index (χ3v) is 3.03. The predicted molar refractivity (Wildman–Crippen MR) is 67.2 cm³/mol. The van der Waals surface area contributed by atoms with Crippen LogP contribution in [-0.4, -0.2) is 48.8 Å². The standard InChI is InChI=1S/C13H18N2O3/c1-14-13(17)12-9-15(6-7-18-12)8-10-2-4-11(16)5-3-10/h2-5,12,16H,6-9H2,1H3,(H,14,17)/t12-/m0/s1. The molecule has 1 aromatic rings. The minimum absolute atomic E-state index is 0.0783. The van der Waals surface area contributed by atoms with Crippen molar-refractivity contribution in [3.63, 3.8) is 0 Å². The van der Waals surface area contributed by atoms with Gasteiger partial charge in [-0.1, -0.05) is 12.1 Å². The lowest BCUT2D eigenvalue weighted by Crippen LogP contribution is -2.48. The van der Waals surface area contributed by atoms with Crippen LogP contribution in [0.2, 0.25) is 0 Å². The number of aromatic hydroxyl groups is 1. The van der Waals surface area contributed by atoms with Crippen LogP contribution in [0.4, 0.5) is 0 Å². The van der Waals surface area contributed by atoms with Gasteiger partial charge in [0.1, 0.15) is 11.9 Å². The minimum atomic E-state index is -0.388. The van der Waals surface area contributed by atoms with Gasteiger partial charge in [-0.3, -0.25) is 9.69 Å². The normalized spacial score (nSPS) is 20.6. The van der Waals surface area contributed by atoms with Crippen LogP contribution in [0.5, 0.6) is 5.75 Å².